The van der Waals surface area contributed by atoms with Crippen molar-refractivity contribution in [3.05, 3.63) is 47.7 Å². The number of nitrogens with one attached hydrogen (secondary N) is 1. The van der Waals surface area contributed by atoms with E-state index in [-0.39, 0.29) is 23.3 Å². The lowest BCUT2D eigenvalue weighted by Gasteiger charge is -2.26. The van der Waals surface area contributed by atoms with E-state index in [1.807, 2.05) is 12.1 Å². The molecule has 2 amide bonds. The number of carbonyl (C=O) groups is 2. The first kappa shape index (κ1) is 17.9. The molecule has 0 atom stereocenters. The molecule has 136 valence electrons. The molecule has 6 nitrogen and oxygen atoms in total. The van der Waals surface area contributed by atoms with E-state index in [0.29, 0.717) is 5.56 Å². The normalized spacial score (nSPS) is 19.7. The molecule has 1 aromatic heterocycles. The van der Waals surface area contributed by atoms with E-state index in [1.165, 1.54) is 0 Å². The molecule has 0 bridgehead atoms. The Morgan fingerprint density at radius 1 is 1.08 bits per heavy atom. The zero-order chi connectivity index (χ0) is 18.7. The molecule has 1 saturated carbocycles. The van der Waals surface area contributed by atoms with E-state index in [0.717, 1.165) is 42.7 Å². The number of primary amides is 1. The van der Waals surface area contributed by atoms with Crippen molar-refractivity contribution in [3.63, 3.8) is 0 Å². The predicted octanol–water partition coefficient (Wildman–Crippen LogP) is 2.74. The molecule has 5 N–H and O–H groups in total. The zero-order valence-corrected chi connectivity index (χ0v) is 14.9. The van der Waals surface area contributed by atoms with Crippen LogP contribution in [0.15, 0.2) is 36.5 Å². The van der Waals surface area contributed by atoms with Gasteiger partial charge in [0.05, 0.1) is 5.56 Å². The Morgan fingerprint density at radius 3 is 2.35 bits per heavy atom. The van der Waals surface area contributed by atoms with Gasteiger partial charge in [-0.1, -0.05) is 19.1 Å². The summed E-state index contributed by atoms with van der Waals surface area (Å²) in [5.41, 5.74) is 13.3. The van der Waals surface area contributed by atoms with Crippen LogP contribution >= 0.6 is 0 Å². The summed E-state index contributed by atoms with van der Waals surface area (Å²) in [7, 11) is 0. The number of amides is 2. The molecule has 0 unspecified atom stereocenters. The lowest BCUT2D eigenvalue weighted by atomic mass is 9.87. The predicted molar refractivity (Wildman–Crippen MR) is 101 cm³/mol. The monoisotopic (exact) mass is 352 g/mol. The molecule has 1 aliphatic rings. The van der Waals surface area contributed by atoms with Crippen molar-refractivity contribution in [1.82, 2.24) is 10.3 Å². The van der Waals surface area contributed by atoms with Crippen molar-refractivity contribution >= 4 is 17.6 Å². The lowest BCUT2D eigenvalue weighted by molar-refractivity contribution is 0.0922. The maximum absolute atomic E-state index is 12.4. The van der Waals surface area contributed by atoms with Gasteiger partial charge in [0.15, 0.2) is 0 Å². The number of nitrogen functional groups attached to an aromatic ring is 1. The fourth-order valence-corrected chi connectivity index (χ4v) is 3.32. The van der Waals surface area contributed by atoms with Crippen molar-refractivity contribution in [3.8, 4) is 11.1 Å². The van der Waals surface area contributed by atoms with Crippen LogP contribution in [-0.2, 0) is 0 Å². The minimum Gasteiger partial charge on any atom is -0.383 e. The summed E-state index contributed by atoms with van der Waals surface area (Å²) < 4.78 is 0. The van der Waals surface area contributed by atoms with Crippen LogP contribution in [0.5, 0.6) is 0 Å². The summed E-state index contributed by atoms with van der Waals surface area (Å²) in [6, 6.07) is 9.08. The van der Waals surface area contributed by atoms with Gasteiger partial charge in [0, 0.05) is 23.4 Å². The number of carbonyl (C=O) groups excluding carboxylic acids is 2. The van der Waals surface area contributed by atoms with Crippen molar-refractivity contribution in [2.24, 2.45) is 11.7 Å². The van der Waals surface area contributed by atoms with Gasteiger partial charge in [-0.15, -0.1) is 0 Å². The highest BCUT2D eigenvalue weighted by Crippen LogP contribution is 2.25. The van der Waals surface area contributed by atoms with Gasteiger partial charge in [-0.2, -0.15) is 0 Å². The van der Waals surface area contributed by atoms with Crippen LogP contribution < -0.4 is 16.8 Å². The van der Waals surface area contributed by atoms with Gasteiger partial charge in [-0.25, -0.2) is 4.98 Å². The minimum atomic E-state index is -0.616. The molecule has 0 aliphatic heterocycles. The summed E-state index contributed by atoms with van der Waals surface area (Å²) in [6.07, 6.45) is 5.99. The van der Waals surface area contributed by atoms with E-state index in [1.54, 1.807) is 24.4 Å². The number of nitrogens with zero attached hydrogens (tertiary/aromatic N) is 1. The van der Waals surface area contributed by atoms with Crippen LogP contribution in [0.25, 0.3) is 11.1 Å². The van der Waals surface area contributed by atoms with Crippen LogP contribution in [0.2, 0.25) is 0 Å². The fourth-order valence-electron chi connectivity index (χ4n) is 3.32. The van der Waals surface area contributed by atoms with E-state index >= 15 is 0 Å². The Hall–Kier alpha value is -2.89. The highest BCUT2D eigenvalue weighted by Gasteiger charge is 2.20. The number of aromatic nitrogens is 1. The van der Waals surface area contributed by atoms with Crippen LogP contribution in [0.4, 0.5) is 5.82 Å². The quantitative estimate of drug-likeness (QED) is 0.785. The Balaban J connectivity index is 1.71. The van der Waals surface area contributed by atoms with Crippen LogP contribution in [-0.4, -0.2) is 22.8 Å². The molecule has 0 spiro atoms. The Bertz CT molecular complexity index is 809. The molecule has 1 fully saturated rings. The molecule has 6 heteroatoms. The number of nitrogens with two attached hydrogens (primary N) is 2. The highest BCUT2D eigenvalue weighted by atomic mass is 16.2. The number of rotatable bonds is 4. The third kappa shape index (κ3) is 4.02. The summed E-state index contributed by atoms with van der Waals surface area (Å²) in [6.45, 7) is 2.26. The minimum absolute atomic E-state index is 0.0515. The lowest BCUT2D eigenvalue weighted by Crippen LogP contribution is -2.37. The molecule has 3 rings (SSSR count). The van der Waals surface area contributed by atoms with Crippen molar-refractivity contribution in [1.29, 1.82) is 0 Å². The van der Waals surface area contributed by atoms with E-state index in [2.05, 4.69) is 17.2 Å². The van der Waals surface area contributed by atoms with Crippen molar-refractivity contribution < 1.29 is 9.59 Å². The second-order valence-corrected chi connectivity index (χ2v) is 7.03. The topological polar surface area (TPSA) is 111 Å². The van der Waals surface area contributed by atoms with Crippen LogP contribution in [0.1, 0.15) is 53.3 Å². The van der Waals surface area contributed by atoms with E-state index < -0.39 is 5.91 Å². The molecule has 0 saturated heterocycles. The smallest absolute Gasteiger partial charge is 0.252 e. The Morgan fingerprint density at radius 2 is 1.73 bits per heavy atom. The third-order valence-corrected chi connectivity index (χ3v) is 5.02. The fraction of sp³-hybridized carbons (Fsp3) is 0.350. The second-order valence-electron chi connectivity index (χ2n) is 7.03. The van der Waals surface area contributed by atoms with E-state index in [4.69, 9.17) is 11.5 Å². The van der Waals surface area contributed by atoms with Gasteiger partial charge in [0.1, 0.15) is 5.82 Å². The molecule has 1 heterocycles. The van der Waals surface area contributed by atoms with Gasteiger partial charge < -0.3 is 16.8 Å². The summed E-state index contributed by atoms with van der Waals surface area (Å²) in [5.74, 6) is 0.194. The Labute approximate surface area is 153 Å². The number of pyridine rings is 1. The van der Waals surface area contributed by atoms with Gasteiger partial charge in [-0.3, -0.25) is 9.59 Å². The average Bonchev–Trinajstić information content (AvgIpc) is 2.64. The van der Waals surface area contributed by atoms with Gasteiger partial charge in [-0.05, 0) is 55.4 Å². The summed E-state index contributed by atoms with van der Waals surface area (Å²) >= 11 is 0. The standard InChI is InChI=1S/C20H24N4O2/c1-12-2-8-16(9-3-12)24-20(26)14-6-4-13(5-7-14)15-10-17(19(22)25)18(21)23-11-15/h4-7,10-12,16H,2-3,8-9H2,1H3,(H2,21,23)(H2,22,25)(H,24,26). The van der Waals surface area contributed by atoms with Crippen molar-refractivity contribution in [2.75, 3.05) is 5.73 Å². The molecule has 26 heavy (non-hydrogen) atoms. The molecular formula is C20H24N4O2. The number of hydrogen-bond donors (Lipinski definition) is 3. The maximum atomic E-state index is 12.4. The van der Waals surface area contributed by atoms with E-state index in [9.17, 15) is 9.59 Å². The summed E-state index contributed by atoms with van der Waals surface area (Å²) in [5, 5.41) is 3.12. The van der Waals surface area contributed by atoms with Crippen LogP contribution in [0.3, 0.4) is 0 Å². The molecule has 1 aromatic carbocycles. The number of hydrogen-bond acceptors (Lipinski definition) is 4. The average molecular weight is 352 g/mol. The molecule has 0 radical (unpaired) electrons. The van der Waals surface area contributed by atoms with Crippen LogP contribution in [0, 0.1) is 5.92 Å². The van der Waals surface area contributed by atoms with Gasteiger partial charge in [0.25, 0.3) is 11.8 Å². The zero-order valence-electron chi connectivity index (χ0n) is 14.9. The first-order valence-corrected chi connectivity index (χ1v) is 8.90. The second kappa shape index (κ2) is 7.56. The van der Waals surface area contributed by atoms with Crippen molar-refractivity contribution in [2.45, 2.75) is 38.6 Å². The van der Waals surface area contributed by atoms with Gasteiger partial charge in [0.2, 0.25) is 0 Å². The number of benzene rings is 1. The molecule has 1 aliphatic carbocycles. The number of anilines is 1. The maximum Gasteiger partial charge on any atom is 0.252 e. The first-order valence-electron chi connectivity index (χ1n) is 8.90. The first-order chi connectivity index (χ1) is 12.4. The molecule has 2 aromatic rings. The Kier molecular flexibility index (Phi) is 5.21. The highest BCUT2D eigenvalue weighted by molar-refractivity contribution is 5.98. The SMILES string of the molecule is CC1CCC(NC(=O)c2ccc(-c3cnc(N)c(C(N)=O)c3)cc2)CC1. The largest absolute Gasteiger partial charge is 0.383 e. The van der Waals surface area contributed by atoms with Gasteiger partial charge >= 0.3 is 0 Å². The molecular weight excluding hydrogens is 328 g/mol. The summed E-state index contributed by atoms with van der Waals surface area (Å²) in [4.78, 5) is 27.9. The third-order valence-electron chi connectivity index (χ3n) is 5.02.